The number of hydrogen-bond acceptors (Lipinski definition) is 6. The van der Waals surface area contributed by atoms with Crippen LogP contribution in [0.25, 0.3) is 0 Å². The second kappa shape index (κ2) is 9.32. The number of carbonyl (C=O) groups excluding carboxylic acids is 2. The third-order valence-electron chi connectivity index (χ3n) is 4.25. The van der Waals surface area contributed by atoms with Crippen molar-refractivity contribution < 1.29 is 22.7 Å². The molecule has 0 unspecified atom stereocenters. The van der Waals surface area contributed by atoms with E-state index in [4.69, 9.17) is 4.74 Å². The Morgan fingerprint density at radius 1 is 1.10 bits per heavy atom. The largest absolute Gasteiger partial charge is 0.465 e. The molecule has 0 aliphatic heterocycles. The molecule has 9 heteroatoms. The molecular weight excluding hydrogens is 412 g/mol. The van der Waals surface area contributed by atoms with Crippen LogP contribution in [0.5, 0.6) is 0 Å². The average molecular weight is 437 g/mol. The van der Waals surface area contributed by atoms with Crippen LogP contribution in [-0.2, 0) is 19.6 Å². The van der Waals surface area contributed by atoms with Gasteiger partial charge in [-0.05, 0) is 49.1 Å². The van der Waals surface area contributed by atoms with E-state index in [1.54, 1.807) is 45.0 Å². The Bertz CT molecular complexity index is 1030. The van der Waals surface area contributed by atoms with Gasteiger partial charge in [0.15, 0.2) is 0 Å². The third kappa shape index (κ3) is 5.30. The number of benzene rings is 2. The molecule has 2 aromatic carbocycles. The van der Waals surface area contributed by atoms with Gasteiger partial charge in [-0.15, -0.1) is 11.8 Å². The fourth-order valence-electron chi connectivity index (χ4n) is 2.51. The summed E-state index contributed by atoms with van der Waals surface area (Å²) in [4.78, 5) is 24.7. The highest BCUT2D eigenvalue weighted by atomic mass is 32.2. The summed E-state index contributed by atoms with van der Waals surface area (Å²) in [5.41, 5.74) is 1.43. The summed E-state index contributed by atoms with van der Waals surface area (Å²) >= 11 is 1.40. The van der Waals surface area contributed by atoms with E-state index in [-0.39, 0.29) is 28.0 Å². The van der Waals surface area contributed by atoms with Crippen molar-refractivity contribution in [2.75, 3.05) is 23.4 Å². The Kier molecular flexibility index (Phi) is 7.32. The number of esters is 1. The van der Waals surface area contributed by atoms with Crippen LogP contribution in [0, 0.1) is 12.8 Å². The topological polar surface area (TPSA) is 102 Å². The van der Waals surface area contributed by atoms with E-state index >= 15 is 0 Å². The highest BCUT2D eigenvalue weighted by molar-refractivity contribution is 7.98. The Morgan fingerprint density at radius 2 is 1.79 bits per heavy atom. The van der Waals surface area contributed by atoms with Crippen LogP contribution in [-0.4, -0.2) is 33.7 Å². The van der Waals surface area contributed by atoms with Gasteiger partial charge in [-0.25, -0.2) is 13.2 Å². The number of amides is 1. The number of ether oxygens (including phenoxy) is 1. The zero-order valence-corrected chi connectivity index (χ0v) is 18.5. The summed E-state index contributed by atoms with van der Waals surface area (Å²) in [6.07, 6.45) is 1.84. The number of methoxy groups -OCH3 is 1. The standard InChI is InChI=1S/C20H24N2O5S2/c1-12(2)19(23)21-17-11-14(9-10-18(17)28-5)29(25,26)22-16-8-6-7-15(13(16)3)20(24)27-4/h6-12,22H,1-5H3,(H,21,23). The quantitative estimate of drug-likeness (QED) is 0.504. The first-order valence-corrected chi connectivity index (χ1v) is 11.5. The molecular formula is C20H24N2O5S2. The first-order valence-electron chi connectivity index (χ1n) is 8.80. The van der Waals surface area contributed by atoms with E-state index in [1.165, 1.54) is 31.0 Å². The van der Waals surface area contributed by atoms with E-state index in [2.05, 4.69) is 10.0 Å². The second-order valence-corrected chi connectivity index (χ2v) is 9.11. The number of rotatable bonds is 7. The zero-order valence-electron chi connectivity index (χ0n) is 16.9. The fourth-order valence-corrected chi connectivity index (χ4v) is 4.19. The molecule has 0 radical (unpaired) electrons. The number of anilines is 2. The van der Waals surface area contributed by atoms with E-state index in [0.717, 1.165) is 4.90 Å². The van der Waals surface area contributed by atoms with E-state index < -0.39 is 16.0 Å². The van der Waals surface area contributed by atoms with Crippen LogP contribution in [0.2, 0.25) is 0 Å². The van der Waals surface area contributed by atoms with E-state index in [9.17, 15) is 18.0 Å². The Morgan fingerprint density at radius 3 is 2.38 bits per heavy atom. The summed E-state index contributed by atoms with van der Waals surface area (Å²) in [7, 11) is -2.69. The maximum absolute atomic E-state index is 12.9. The van der Waals surface area contributed by atoms with Gasteiger partial charge >= 0.3 is 5.97 Å². The van der Waals surface area contributed by atoms with E-state index in [1.807, 2.05) is 6.26 Å². The molecule has 0 bridgehead atoms. The predicted octanol–water partition coefficient (Wildman–Crippen LogP) is 3.90. The first-order chi connectivity index (χ1) is 13.6. The molecule has 0 spiro atoms. The Balaban J connectivity index is 2.42. The maximum atomic E-state index is 12.9. The van der Waals surface area contributed by atoms with Crippen LogP contribution < -0.4 is 10.0 Å². The first kappa shape index (κ1) is 22.8. The molecule has 0 saturated heterocycles. The molecule has 29 heavy (non-hydrogen) atoms. The number of carbonyl (C=O) groups is 2. The van der Waals surface area contributed by atoms with Crippen LogP contribution in [0.4, 0.5) is 11.4 Å². The summed E-state index contributed by atoms with van der Waals surface area (Å²) in [6.45, 7) is 5.15. The third-order valence-corrected chi connectivity index (χ3v) is 6.41. The van der Waals surface area contributed by atoms with Crippen molar-refractivity contribution in [1.29, 1.82) is 0 Å². The molecule has 0 saturated carbocycles. The molecule has 0 aliphatic rings. The van der Waals surface area contributed by atoms with Crippen LogP contribution >= 0.6 is 11.8 Å². The highest BCUT2D eigenvalue weighted by Crippen LogP contribution is 2.30. The molecule has 7 nitrogen and oxygen atoms in total. The second-order valence-electron chi connectivity index (χ2n) is 6.58. The lowest BCUT2D eigenvalue weighted by Crippen LogP contribution is -2.19. The molecule has 2 aromatic rings. The SMILES string of the molecule is COC(=O)c1cccc(NS(=O)(=O)c2ccc(SC)c(NC(=O)C(C)C)c2)c1C. The van der Waals surface area contributed by atoms with Gasteiger partial charge in [0, 0.05) is 10.8 Å². The zero-order chi connectivity index (χ0) is 21.8. The minimum absolute atomic E-state index is 0.00257. The monoisotopic (exact) mass is 436 g/mol. The van der Waals surface area contributed by atoms with Gasteiger partial charge in [-0.2, -0.15) is 0 Å². The smallest absolute Gasteiger partial charge is 0.338 e. The van der Waals surface area contributed by atoms with Crippen molar-refractivity contribution in [3.8, 4) is 0 Å². The minimum Gasteiger partial charge on any atom is -0.465 e. The van der Waals surface area contributed by atoms with Crippen molar-refractivity contribution in [3.05, 3.63) is 47.5 Å². The summed E-state index contributed by atoms with van der Waals surface area (Å²) in [5, 5.41) is 2.77. The average Bonchev–Trinajstić information content (AvgIpc) is 2.68. The predicted molar refractivity (Wildman–Crippen MR) is 115 cm³/mol. The van der Waals surface area contributed by atoms with Crippen molar-refractivity contribution in [2.24, 2.45) is 5.92 Å². The molecule has 156 valence electrons. The highest BCUT2D eigenvalue weighted by Gasteiger charge is 2.20. The molecule has 0 atom stereocenters. The lowest BCUT2D eigenvalue weighted by molar-refractivity contribution is -0.118. The van der Waals surface area contributed by atoms with Gasteiger partial charge < -0.3 is 10.1 Å². The molecule has 0 aromatic heterocycles. The van der Waals surface area contributed by atoms with Crippen molar-refractivity contribution in [2.45, 2.75) is 30.6 Å². The lowest BCUT2D eigenvalue weighted by Gasteiger charge is -2.15. The lowest BCUT2D eigenvalue weighted by atomic mass is 10.1. The summed E-state index contributed by atoms with van der Waals surface area (Å²) in [5.74, 6) is -0.997. The molecule has 1 amide bonds. The maximum Gasteiger partial charge on any atom is 0.338 e. The van der Waals surface area contributed by atoms with E-state index in [0.29, 0.717) is 11.3 Å². The van der Waals surface area contributed by atoms with Crippen molar-refractivity contribution in [1.82, 2.24) is 0 Å². The van der Waals surface area contributed by atoms with Gasteiger partial charge in [0.25, 0.3) is 10.0 Å². The van der Waals surface area contributed by atoms with Gasteiger partial charge in [0.2, 0.25) is 5.91 Å². The van der Waals surface area contributed by atoms with Crippen LogP contribution in [0.15, 0.2) is 46.2 Å². The summed E-state index contributed by atoms with van der Waals surface area (Å²) < 4.78 is 33.1. The van der Waals surface area contributed by atoms with Gasteiger partial charge in [0.05, 0.1) is 28.9 Å². The minimum atomic E-state index is -3.95. The number of hydrogen-bond donors (Lipinski definition) is 2. The number of thioether (sulfide) groups is 1. The van der Waals surface area contributed by atoms with Gasteiger partial charge in [-0.3, -0.25) is 9.52 Å². The van der Waals surface area contributed by atoms with Gasteiger partial charge in [0.1, 0.15) is 0 Å². The Labute approximate surface area is 175 Å². The van der Waals surface area contributed by atoms with Crippen LogP contribution in [0.3, 0.4) is 0 Å². The van der Waals surface area contributed by atoms with Crippen LogP contribution in [0.1, 0.15) is 29.8 Å². The molecule has 0 aliphatic carbocycles. The van der Waals surface area contributed by atoms with Crippen molar-refractivity contribution in [3.63, 3.8) is 0 Å². The van der Waals surface area contributed by atoms with Crippen molar-refractivity contribution >= 4 is 45.0 Å². The number of sulfonamides is 1. The normalized spacial score (nSPS) is 11.2. The molecule has 0 fully saturated rings. The molecule has 2 N–H and O–H groups in total. The Hall–Kier alpha value is -2.52. The number of nitrogens with one attached hydrogen (secondary N) is 2. The molecule has 0 heterocycles. The fraction of sp³-hybridized carbons (Fsp3) is 0.300. The summed E-state index contributed by atoms with van der Waals surface area (Å²) in [6, 6.07) is 9.24. The molecule has 2 rings (SSSR count). The van der Waals surface area contributed by atoms with Gasteiger partial charge in [-0.1, -0.05) is 19.9 Å².